The summed E-state index contributed by atoms with van der Waals surface area (Å²) in [6.45, 7) is 0.257. The van der Waals surface area contributed by atoms with Crippen molar-refractivity contribution in [3.05, 3.63) is 89.5 Å². The Bertz CT molecular complexity index is 1060. The molecule has 0 radical (unpaired) electrons. The summed E-state index contributed by atoms with van der Waals surface area (Å²) in [6.07, 6.45) is -3.69. The lowest BCUT2D eigenvalue weighted by atomic mass is 9.97. The van der Waals surface area contributed by atoms with Crippen LogP contribution in [0.15, 0.2) is 72.8 Å². The molecule has 0 heterocycles. The van der Waals surface area contributed by atoms with Gasteiger partial charge in [0.1, 0.15) is 18.6 Å². The molecule has 0 aromatic heterocycles. The second-order valence-corrected chi connectivity index (χ2v) is 7.16. The highest BCUT2D eigenvalue weighted by Crippen LogP contribution is 2.31. The number of halogens is 3. The number of hydrogen-bond donors (Lipinski definition) is 0. The van der Waals surface area contributed by atoms with E-state index in [4.69, 9.17) is 4.74 Å². The number of aldehydes is 1. The lowest BCUT2D eigenvalue weighted by molar-refractivity contribution is -0.141. The van der Waals surface area contributed by atoms with Crippen molar-refractivity contribution in [3.63, 3.8) is 0 Å². The lowest BCUT2D eigenvalue weighted by Crippen LogP contribution is -2.09. The smallest absolute Gasteiger partial charge is 0.416 e. The number of rotatable bonds is 8. The van der Waals surface area contributed by atoms with Gasteiger partial charge in [0, 0.05) is 0 Å². The highest BCUT2D eigenvalue weighted by atomic mass is 19.4. The molecule has 3 aromatic carbocycles. The molecule has 7 heteroatoms. The maximum absolute atomic E-state index is 12.8. The van der Waals surface area contributed by atoms with E-state index in [1.807, 2.05) is 24.3 Å². The summed E-state index contributed by atoms with van der Waals surface area (Å²) in [5.74, 6) is -0.469. The second-order valence-electron chi connectivity index (χ2n) is 7.16. The SMILES string of the molecule is COC(=O)C[C@H](C=O)c1ccc(OCc2cccc(-c3ccc(C(F)(F)F)cc3)c2)cc1. The number of methoxy groups -OCH3 is 1. The van der Waals surface area contributed by atoms with Crippen molar-refractivity contribution in [2.45, 2.75) is 25.1 Å². The Hall–Kier alpha value is -3.61. The van der Waals surface area contributed by atoms with Crippen molar-refractivity contribution < 1.29 is 32.2 Å². The van der Waals surface area contributed by atoms with Crippen LogP contribution in [-0.2, 0) is 27.1 Å². The first-order chi connectivity index (χ1) is 15.3. The fourth-order valence-electron chi connectivity index (χ4n) is 3.18. The zero-order valence-corrected chi connectivity index (χ0v) is 17.3. The molecule has 4 nitrogen and oxygen atoms in total. The van der Waals surface area contributed by atoms with Gasteiger partial charge in [0.05, 0.1) is 25.0 Å². The third-order valence-corrected chi connectivity index (χ3v) is 4.96. The molecule has 32 heavy (non-hydrogen) atoms. The third-order valence-electron chi connectivity index (χ3n) is 4.96. The van der Waals surface area contributed by atoms with E-state index in [0.29, 0.717) is 23.2 Å². The molecule has 166 valence electrons. The van der Waals surface area contributed by atoms with Crippen LogP contribution in [0.25, 0.3) is 11.1 Å². The highest BCUT2D eigenvalue weighted by Gasteiger charge is 2.29. The van der Waals surface area contributed by atoms with Crippen LogP contribution in [0.4, 0.5) is 13.2 Å². The van der Waals surface area contributed by atoms with Gasteiger partial charge in [0.15, 0.2) is 0 Å². The highest BCUT2D eigenvalue weighted by molar-refractivity contribution is 5.76. The Morgan fingerprint density at radius 3 is 2.25 bits per heavy atom. The Labute approximate surface area is 183 Å². The first-order valence-electron chi connectivity index (χ1n) is 9.81. The van der Waals surface area contributed by atoms with Gasteiger partial charge in [0.25, 0.3) is 0 Å². The number of benzene rings is 3. The summed E-state index contributed by atoms with van der Waals surface area (Å²) in [4.78, 5) is 22.7. The molecule has 0 unspecified atom stereocenters. The normalized spacial score (nSPS) is 12.1. The van der Waals surface area contributed by atoms with Gasteiger partial charge in [-0.1, -0.05) is 42.5 Å². The minimum Gasteiger partial charge on any atom is -0.489 e. The largest absolute Gasteiger partial charge is 0.489 e. The first kappa shape index (κ1) is 23.1. The van der Waals surface area contributed by atoms with Crippen molar-refractivity contribution in [2.75, 3.05) is 7.11 Å². The summed E-state index contributed by atoms with van der Waals surface area (Å²) in [6, 6.07) is 19.2. The fraction of sp³-hybridized carbons (Fsp3) is 0.200. The summed E-state index contributed by atoms with van der Waals surface area (Å²) < 4.78 is 48.7. The minimum absolute atomic E-state index is 0.0308. The summed E-state index contributed by atoms with van der Waals surface area (Å²) >= 11 is 0. The number of hydrogen-bond acceptors (Lipinski definition) is 4. The van der Waals surface area contributed by atoms with Crippen molar-refractivity contribution in [2.24, 2.45) is 0 Å². The lowest BCUT2D eigenvalue weighted by Gasteiger charge is -2.12. The Morgan fingerprint density at radius 2 is 1.66 bits per heavy atom. The van der Waals surface area contributed by atoms with Crippen molar-refractivity contribution >= 4 is 12.3 Å². The number of esters is 1. The molecule has 0 bridgehead atoms. The van der Waals surface area contributed by atoms with E-state index < -0.39 is 23.6 Å². The van der Waals surface area contributed by atoms with Gasteiger partial charge in [-0.3, -0.25) is 4.79 Å². The summed E-state index contributed by atoms with van der Waals surface area (Å²) in [7, 11) is 1.27. The molecule has 1 atom stereocenters. The minimum atomic E-state index is -4.37. The zero-order valence-electron chi connectivity index (χ0n) is 17.3. The van der Waals surface area contributed by atoms with E-state index in [0.717, 1.165) is 23.3 Å². The third kappa shape index (κ3) is 5.97. The molecular formula is C25H21F3O4. The maximum Gasteiger partial charge on any atom is 0.416 e. The molecule has 0 spiro atoms. The Morgan fingerprint density at radius 1 is 0.969 bits per heavy atom. The van der Waals surface area contributed by atoms with E-state index in [2.05, 4.69) is 4.74 Å². The van der Waals surface area contributed by atoms with E-state index in [1.54, 1.807) is 24.3 Å². The topological polar surface area (TPSA) is 52.6 Å². The van der Waals surface area contributed by atoms with E-state index in [1.165, 1.54) is 19.2 Å². The predicted octanol–water partition coefficient (Wildman–Crippen LogP) is 5.80. The van der Waals surface area contributed by atoms with E-state index in [-0.39, 0.29) is 13.0 Å². The van der Waals surface area contributed by atoms with Crippen LogP contribution in [0.5, 0.6) is 5.75 Å². The molecule has 0 saturated heterocycles. The molecule has 0 aliphatic heterocycles. The predicted molar refractivity (Wildman–Crippen MR) is 113 cm³/mol. The van der Waals surface area contributed by atoms with Crippen LogP contribution < -0.4 is 4.74 Å². The van der Waals surface area contributed by atoms with Gasteiger partial charge in [-0.05, 0) is 52.6 Å². The van der Waals surface area contributed by atoms with Crippen LogP contribution in [-0.4, -0.2) is 19.4 Å². The summed E-state index contributed by atoms with van der Waals surface area (Å²) in [5.41, 5.74) is 2.30. The quantitative estimate of drug-likeness (QED) is 0.327. The van der Waals surface area contributed by atoms with Gasteiger partial charge >= 0.3 is 12.1 Å². The molecule has 0 fully saturated rings. The maximum atomic E-state index is 12.8. The van der Waals surface area contributed by atoms with Crippen molar-refractivity contribution in [1.82, 2.24) is 0 Å². The number of carbonyl (C=O) groups is 2. The number of ether oxygens (including phenoxy) is 2. The second kappa shape index (κ2) is 10.1. The van der Waals surface area contributed by atoms with Gasteiger partial charge in [-0.25, -0.2) is 0 Å². The molecule has 0 saturated carbocycles. The monoisotopic (exact) mass is 442 g/mol. The first-order valence-corrected chi connectivity index (χ1v) is 9.81. The molecule has 0 N–H and O–H groups in total. The fourth-order valence-corrected chi connectivity index (χ4v) is 3.18. The average Bonchev–Trinajstić information content (AvgIpc) is 2.81. The zero-order chi connectivity index (χ0) is 23.1. The summed E-state index contributed by atoms with van der Waals surface area (Å²) in [5, 5.41) is 0. The molecular weight excluding hydrogens is 421 g/mol. The van der Waals surface area contributed by atoms with Gasteiger partial charge in [0.2, 0.25) is 0 Å². The van der Waals surface area contributed by atoms with Crippen LogP contribution in [0.1, 0.15) is 29.0 Å². The molecule has 3 aromatic rings. The van der Waals surface area contributed by atoms with Gasteiger partial charge in [-0.2, -0.15) is 13.2 Å². The van der Waals surface area contributed by atoms with E-state index >= 15 is 0 Å². The number of alkyl halides is 3. The standard InChI is InChI=1S/C25H21F3O4/c1-31-24(30)14-21(15-29)19-7-11-23(12-8-19)32-16-17-3-2-4-20(13-17)18-5-9-22(10-6-18)25(26,27)28/h2-13,15,21H,14,16H2,1H3/t21-/m1/s1. The Balaban J connectivity index is 1.65. The van der Waals surface area contributed by atoms with Crippen molar-refractivity contribution in [1.29, 1.82) is 0 Å². The van der Waals surface area contributed by atoms with Crippen LogP contribution in [0.2, 0.25) is 0 Å². The van der Waals surface area contributed by atoms with Gasteiger partial charge in [-0.15, -0.1) is 0 Å². The molecule has 0 amide bonds. The van der Waals surface area contributed by atoms with Crippen molar-refractivity contribution in [3.8, 4) is 16.9 Å². The van der Waals surface area contributed by atoms with Gasteiger partial charge < -0.3 is 14.3 Å². The average molecular weight is 442 g/mol. The van der Waals surface area contributed by atoms with Crippen LogP contribution >= 0.6 is 0 Å². The van der Waals surface area contributed by atoms with E-state index in [9.17, 15) is 22.8 Å². The number of carbonyl (C=O) groups excluding carboxylic acids is 2. The van der Waals surface area contributed by atoms with Crippen LogP contribution in [0.3, 0.4) is 0 Å². The van der Waals surface area contributed by atoms with Crippen LogP contribution in [0, 0.1) is 0 Å². The Kier molecular flexibility index (Phi) is 7.30. The molecule has 3 rings (SSSR count). The molecule has 0 aliphatic rings. The molecule has 0 aliphatic carbocycles.